The Kier molecular flexibility index (Phi) is 6.21. The van der Waals surface area contributed by atoms with Crippen molar-refractivity contribution < 1.29 is 9.53 Å². The summed E-state index contributed by atoms with van der Waals surface area (Å²) in [4.78, 5) is 11.9. The molecule has 112 valence electrons. The zero-order chi connectivity index (χ0) is 15.3. The summed E-state index contributed by atoms with van der Waals surface area (Å²) in [5.41, 5.74) is 3.76. The Morgan fingerprint density at radius 1 is 1.20 bits per heavy atom. The first kappa shape index (κ1) is 16.7. The quantitative estimate of drug-likeness (QED) is 0.808. The highest BCUT2D eigenvalue weighted by Crippen LogP contribution is 2.19. The smallest absolute Gasteiger partial charge is 0.322 e. The lowest BCUT2D eigenvalue weighted by Crippen LogP contribution is -2.40. The molecule has 2 unspecified atom stereocenters. The minimum absolute atomic E-state index is 0.122. The molecule has 0 aliphatic rings. The molecule has 0 aliphatic carbocycles. The van der Waals surface area contributed by atoms with Gasteiger partial charge in [0, 0.05) is 6.04 Å². The first-order chi connectivity index (χ1) is 9.35. The summed E-state index contributed by atoms with van der Waals surface area (Å²) >= 11 is 0. The minimum atomic E-state index is -0.253. The fourth-order valence-electron chi connectivity index (χ4n) is 2.28. The maximum atomic E-state index is 11.9. The maximum Gasteiger partial charge on any atom is 0.322 e. The topological polar surface area (TPSA) is 38.3 Å². The van der Waals surface area contributed by atoms with E-state index in [-0.39, 0.29) is 18.1 Å². The van der Waals surface area contributed by atoms with E-state index in [1.807, 2.05) is 0 Å². The molecule has 1 aromatic rings. The fraction of sp³-hybridized carbons (Fsp3) is 0.588. The maximum absolute atomic E-state index is 11.9. The van der Waals surface area contributed by atoms with E-state index in [0.717, 1.165) is 6.42 Å². The van der Waals surface area contributed by atoms with Gasteiger partial charge in [-0.2, -0.15) is 0 Å². The molecule has 1 aromatic carbocycles. The highest BCUT2D eigenvalue weighted by atomic mass is 16.5. The summed E-state index contributed by atoms with van der Waals surface area (Å²) < 4.78 is 4.89. The van der Waals surface area contributed by atoms with Crippen molar-refractivity contribution in [3.05, 3.63) is 34.9 Å². The lowest BCUT2D eigenvalue weighted by Gasteiger charge is -2.23. The molecule has 3 nitrogen and oxygen atoms in total. The Morgan fingerprint density at radius 3 is 2.35 bits per heavy atom. The second kappa shape index (κ2) is 7.44. The van der Waals surface area contributed by atoms with Crippen molar-refractivity contribution in [2.45, 2.75) is 53.1 Å². The average molecular weight is 277 g/mol. The average Bonchev–Trinajstić information content (AvgIpc) is 2.39. The molecule has 3 heteroatoms. The lowest BCUT2D eigenvalue weighted by molar-refractivity contribution is -0.143. The number of carbonyl (C=O) groups is 1. The van der Waals surface area contributed by atoms with Crippen molar-refractivity contribution >= 4 is 5.97 Å². The van der Waals surface area contributed by atoms with Crippen LogP contribution in [0.3, 0.4) is 0 Å². The van der Waals surface area contributed by atoms with Crippen LogP contribution in [0.5, 0.6) is 0 Å². The van der Waals surface area contributed by atoms with Crippen molar-refractivity contribution in [1.29, 1.82) is 0 Å². The summed E-state index contributed by atoms with van der Waals surface area (Å²) in [6, 6.07) is 6.28. The molecule has 0 bridgehead atoms. The van der Waals surface area contributed by atoms with Gasteiger partial charge in [0.25, 0.3) is 0 Å². The molecule has 0 heterocycles. The van der Waals surface area contributed by atoms with Crippen molar-refractivity contribution in [3.63, 3.8) is 0 Å². The van der Waals surface area contributed by atoms with Gasteiger partial charge in [0.2, 0.25) is 0 Å². The van der Waals surface area contributed by atoms with E-state index in [9.17, 15) is 4.79 Å². The van der Waals surface area contributed by atoms with Crippen LogP contribution in [0.25, 0.3) is 0 Å². The minimum Gasteiger partial charge on any atom is -0.468 e. The fourth-order valence-corrected chi connectivity index (χ4v) is 2.28. The highest BCUT2D eigenvalue weighted by Gasteiger charge is 2.22. The SMILES string of the molecule is COC(=O)C(CC(C)C)NC(C)c1ccc(C)c(C)c1. The Labute approximate surface area is 122 Å². The number of benzene rings is 1. The number of carbonyl (C=O) groups excluding carboxylic acids is 1. The van der Waals surface area contributed by atoms with E-state index in [4.69, 9.17) is 4.74 Å². The molecule has 0 spiro atoms. The van der Waals surface area contributed by atoms with Gasteiger partial charge in [0.05, 0.1) is 7.11 Å². The Bertz CT molecular complexity index is 454. The van der Waals surface area contributed by atoms with Gasteiger partial charge in [-0.1, -0.05) is 32.0 Å². The molecule has 0 aliphatic heterocycles. The number of ether oxygens (including phenoxy) is 1. The number of esters is 1. The van der Waals surface area contributed by atoms with Crippen LogP contribution < -0.4 is 5.32 Å². The molecule has 2 atom stereocenters. The number of nitrogens with one attached hydrogen (secondary N) is 1. The first-order valence-corrected chi connectivity index (χ1v) is 7.26. The van der Waals surface area contributed by atoms with E-state index in [2.05, 4.69) is 58.1 Å². The van der Waals surface area contributed by atoms with Gasteiger partial charge < -0.3 is 4.74 Å². The summed E-state index contributed by atoms with van der Waals surface area (Å²) in [7, 11) is 1.44. The second-order valence-corrected chi connectivity index (χ2v) is 5.94. The van der Waals surface area contributed by atoms with Crippen LogP contribution in [-0.4, -0.2) is 19.1 Å². The van der Waals surface area contributed by atoms with E-state index in [1.54, 1.807) is 0 Å². The van der Waals surface area contributed by atoms with Gasteiger partial charge in [0.1, 0.15) is 6.04 Å². The van der Waals surface area contributed by atoms with Gasteiger partial charge in [-0.3, -0.25) is 10.1 Å². The zero-order valence-corrected chi connectivity index (χ0v) is 13.5. The van der Waals surface area contributed by atoms with Crippen molar-refractivity contribution in [3.8, 4) is 0 Å². The Balaban J connectivity index is 2.81. The number of rotatable bonds is 6. The summed E-state index contributed by atoms with van der Waals surface area (Å²) in [6.45, 7) is 10.5. The molecule has 0 amide bonds. The predicted octanol–water partition coefficient (Wildman–Crippen LogP) is 3.54. The van der Waals surface area contributed by atoms with Gasteiger partial charge in [-0.25, -0.2) is 0 Å². The number of methoxy groups -OCH3 is 1. The molecule has 1 rings (SSSR count). The third-order valence-electron chi connectivity index (χ3n) is 3.67. The van der Waals surface area contributed by atoms with Crippen LogP contribution in [0.15, 0.2) is 18.2 Å². The van der Waals surface area contributed by atoms with Gasteiger partial charge in [-0.05, 0) is 49.8 Å². The predicted molar refractivity (Wildman–Crippen MR) is 82.7 cm³/mol. The number of aryl methyl sites for hydroxylation is 2. The van der Waals surface area contributed by atoms with Gasteiger partial charge >= 0.3 is 5.97 Å². The molecular formula is C17H27NO2. The third-order valence-corrected chi connectivity index (χ3v) is 3.67. The van der Waals surface area contributed by atoms with E-state index in [0.29, 0.717) is 5.92 Å². The lowest BCUT2D eigenvalue weighted by atomic mass is 9.99. The largest absolute Gasteiger partial charge is 0.468 e. The summed E-state index contributed by atoms with van der Waals surface area (Å²) in [6.07, 6.45) is 0.780. The molecule has 20 heavy (non-hydrogen) atoms. The van der Waals surface area contributed by atoms with Crippen LogP contribution in [-0.2, 0) is 9.53 Å². The molecule has 0 saturated carbocycles. The first-order valence-electron chi connectivity index (χ1n) is 7.26. The Hall–Kier alpha value is -1.35. The molecule has 0 radical (unpaired) electrons. The van der Waals surface area contributed by atoms with Crippen LogP contribution in [0.1, 0.15) is 49.9 Å². The van der Waals surface area contributed by atoms with E-state index < -0.39 is 0 Å². The van der Waals surface area contributed by atoms with Crippen molar-refractivity contribution in [1.82, 2.24) is 5.32 Å². The molecule has 0 fully saturated rings. The summed E-state index contributed by atoms with van der Waals surface area (Å²) in [5, 5.41) is 3.39. The van der Waals surface area contributed by atoms with Crippen LogP contribution >= 0.6 is 0 Å². The van der Waals surface area contributed by atoms with E-state index in [1.165, 1.54) is 23.8 Å². The molecule has 1 N–H and O–H groups in total. The monoisotopic (exact) mass is 277 g/mol. The number of hydrogen-bond donors (Lipinski definition) is 1. The van der Waals surface area contributed by atoms with E-state index >= 15 is 0 Å². The van der Waals surface area contributed by atoms with Crippen LogP contribution in [0.2, 0.25) is 0 Å². The van der Waals surface area contributed by atoms with Gasteiger partial charge in [0.15, 0.2) is 0 Å². The van der Waals surface area contributed by atoms with Crippen LogP contribution in [0, 0.1) is 19.8 Å². The normalized spacial score (nSPS) is 14.2. The third kappa shape index (κ3) is 4.64. The Morgan fingerprint density at radius 2 is 1.85 bits per heavy atom. The zero-order valence-electron chi connectivity index (χ0n) is 13.5. The van der Waals surface area contributed by atoms with Gasteiger partial charge in [-0.15, -0.1) is 0 Å². The molecule has 0 saturated heterocycles. The summed E-state index contributed by atoms with van der Waals surface area (Å²) in [5.74, 6) is 0.257. The second-order valence-electron chi connectivity index (χ2n) is 5.94. The molecule has 0 aromatic heterocycles. The van der Waals surface area contributed by atoms with Crippen LogP contribution in [0.4, 0.5) is 0 Å². The highest BCUT2D eigenvalue weighted by molar-refractivity contribution is 5.75. The number of hydrogen-bond acceptors (Lipinski definition) is 3. The van der Waals surface area contributed by atoms with Crippen molar-refractivity contribution in [2.24, 2.45) is 5.92 Å². The standard InChI is InChI=1S/C17H27NO2/c1-11(2)9-16(17(19)20-6)18-14(5)15-8-7-12(3)13(4)10-15/h7-8,10-11,14,16,18H,9H2,1-6H3. The van der Waals surface area contributed by atoms with Crippen molar-refractivity contribution in [2.75, 3.05) is 7.11 Å². The molecular weight excluding hydrogens is 250 g/mol.